The highest BCUT2D eigenvalue weighted by atomic mass is 19.4. The average Bonchev–Trinajstić information content (AvgIpc) is 3.33. The van der Waals surface area contributed by atoms with Crippen molar-refractivity contribution in [2.45, 2.75) is 105 Å². The number of halogens is 5. The lowest BCUT2D eigenvalue weighted by Gasteiger charge is -2.21. The Bertz CT molecular complexity index is 1210. The molecule has 6 nitrogen and oxygen atoms in total. The van der Waals surface area contributed by atoms with Gasteiger partial charge in [-0.25, -0.2) is 13.6 Å². The van der Waals surface area contributed by atoms with Crippen molar-refractivity contribution in [3.8, 4) is 0 Å². The molecular weight excluding hydrogens is 571 g/mol. The number of benzene rings is 2. The number of amides is 1. The van der Waals surface area contributed by atoms with Crippen LogP contribution in [0, 0.1) is 18.6 Å². The first-order chi connectivity index (χ1) is 20.3. The quantitative estimate of drug-likeness (QED) is 0.200. The number of aldehydes is 1. The second-order valence-corrected chi connectivity index (χ2v) is 10.6. The first-order valence-corrected chi connectivity index (χ1v) is 13.8. The summed E-state index contributed by atoms with van der Waals surface area (Å²) >= 11 is 0. The molecule has 1 amide bonds. The van der Waals surface area contributed by atoms with Crippen molar-refractivity contribution in [2.75, 3.05) is 0 Å². The molecule has 2 atom stereocenters. The maximum absolute atomic E-state index is 13.0. The topological polar surface area (TPSA) is 84.8 Å². The van der Waals surface area contributed by atoms with Crippen molar-refractivity contribution in [1.29, 1.82) is 0 Å². The van der Waals surface area contributed by atoms with Gasteiger partial charge in [0, 0.05) is 31.2 Å². The molecular formula is C32H43F5N2O4. The predicted octanol–water partition coefficient (Wildman–Crippen LogP) is 8.58. The zero-order valence-corrected chi connectivity index (χ0v) is 25.8. The SMILES string of the molecule is CC1CCC(c2ccc(F)cc2)=N1.Cc1cc(F)ccc1C(=O)CCC(C)NC(=O)OC(C)(C)C.O=CC(F)(F)F.[2H]CC. The Labute approximate surface area is 252 Å². The third-order valence-corrected chi connectivity index (χ3v) is 5.54. The molecule has 1 heterocycles. The summed E-state index contributed by atoms with van der Waals surface area (Å²) in [6.45, 7) is 13.3. The summed E-state index contributed by atoms with van der Waals surface area (Å²) in [7, 11) is 0. The molecule has 11 heteroatoms. The Morgan fingerprint density at radius 3 is 2.09 bits per heavy atom. The van der Waals surface area contributed by atoms with Gasteiger partial charge in [-0.3, -0.25) is 14.6 Å². The molecule has 0 bridgehead atoms. The Balaban J connectivity index is 0.000000702. The van der Waals surface area contributed by atoms with Crippen molar-refractivity contribution in [3.63, 3.8) is 0 Å². The van der Waals surface area contributed by atoms with Gasteiger partial charge in [-0.1, -0.05) is 26.0 Å². The minimum Gasteiger partial charge on any atom is -0.444 e. The Morgan fingerprint density at radius 1 is 1.12 bits per heavy atom. The van der Waals surface area contributed by atoms with Crippen molar-refractivity contribution >= 4 is 23.9 Å². The predicted molar refractivity (Wildman–Crippen MR) is 159 cm³/mol. The van der Waals surface area contributed by atoms with E-state index in [4.69, 9.17) is 10.9 Å². The normalized spacial score (nSPS) is 15.0. The van der Waals surface area contributed by atoms with Crippen LogP contribution < -0.4 is 5.32 Å². The number of nitrogens with zero attached hydrogens (tertiary/aromatic N) is 1. The number of carbonyl (C=O) groups is 3. The van der Waals surface area contributed by atoms with Crippen LogP contribution in [0.5, 0.6) is 0 Å². The van der Waals surface area contributed by atoms with Crippen LogP contribution in [0.2, 0.25) is 0 Å². The molecule has 3 rings (SSSR count). The molecule has 2 aromatic carbocycles. The smallest absolute Gasteiger partial charge is 0.444 e. The number of ether oxygens (including phenoxy) is 1. The number of aryl methyl sites for hydroxylation is 1. The second kappa shape index (κ2) is 18.8. The number of Topliss-reactive ketones (excluding diaryl/α,β-unsaturated/α-hetero) is 1. The molecule has 2 aromatic rings. The Kier molecular flexibility index (Phi) is 16.4. The van der Waals surface area contributed by atoms with Gasteiger partial charge >= 0.3 is 12.3 Å². The summed E-state index contributed by atoms with van der Waals surface area (Å²) in [5, 5.41) is 2.69. The van der Waals surface area contributed by atoms with E-state index in [0.29, 0.717) is 30.5 Å². The van der Waals surface area contributed by atoms with Gasteiger partial charge in [0.1, 0.15) is 17.2 Å². The van der Waals surface area contributed by atoms with E-state index < -0.39 is 24.2 Å². The molecule has 1 aliphatic rings. The Hall–Kier alpha value is -3.63. The lowest BCUT2D eigenvalue weighted by atomic mass is 10.00. The molecule has 240 valence electrons. The van der Waals surface area contributed by atoms with E-state index >= 15 is 0 Å². The molecule has 0 spiro atoms. The number of hydrogen-bond acceptors (Lipinski definition) is 5. The van der Waals surface area contributed by atoms with Crippen LogP contribution in [0.3, 0.4) is 0 Å². The Morgan fingerprint density at radius 2 is 1.65 bits per heavy atom. The van der Waals surface area contributed by atoms with Crippen molar-refractivity contribution < 1.29 is 42.4 Å². The molecule has 0 fully saturated rings. The van der Waals surface area contributed by atoms with Gasteiger partial charge in [0.25, 0.3) is 0 Å². The van der Waals surface area contributed by atoms with Crippen LogP contribution in [0.25, 0.3) is 0 Å². The van der Waals surface area contributed by atoms with Crippen LogP contribution in [0.1, 0.15) is 97.0 Å². The zero-order chi connectivity index (χ0) is 34.1. The van der Waals surface area contributed by atoms with Gasteiger partial charge in [-0.05, 0) is 102 Å². The number of alkyl halides is 3. The van der Waals surface area contributed by atoms with E-state index in [1.165, 1.54) is 30.3 Å². The van der Waals surface area contributed by atoms with E-state index in [1.807, 2.05) is 6.92 Å². The maximum atomic E-state index is 13.0. The molecule has 43 heavy (non-hydrogen) atoms. The summed E-state index contributed by atoms with van der Waals surface area (Å²) < 4.78 is 68.3. The summed E-state index contributed by atoms with van der Waals surface area (Å²) in [4.78, 5) is 36.9. The minimum absolute atomic E-state index is 0.0599. The molecule has 0 saturated heterocycles. The third kappa shape index (κ3) is 17.8. The van der Waals surface area contributed by atoms with Gasteiger partial charge in [0.05, 0.1) is 0 Å². The van der Waals surface area contributed by atoms with Crippen molar-refractivity contribution in [1.82, 2.24) is 5.32 Å². The number of hydrogen-bond donors (Lipinski definition) is 1. The summed E-state index contributed by atoms with van der Waals surface area (Å²) in [5.74, 6) is -0.597. The number of aliphatic imine (C=N–C) groups is 1. The van der Waals surface area contributed by atoms with Crippen LogP contribution in [-0.2, 0) is 9.53 Å². The van der Waals surface area contributed by atoms with Gasteiger partial charge in [-0.15, -0.1) is 0 Å². The molecule has 1 N–H and O–H groups in total. The molecule has 0 aromatic heterocycles. The average molecular weight is 616 g/mol. The third-order valence-electron chi connectivity index (χ3n) is 5.54. The van der Waals surface area contributed by atoms with Crippen LogP contribution in [0.4, 0.5) is 26.7 Å². The minimum atomic E-state index is -4.64. The highest BCUT2D eigenvalue weighted by molar-refractivity contribution is 6.01. The lowest BCUT2D eigenvalue weighted by molar-refractivity contribution is -0.156. The zero-order valence-electron chi connectivity index (χ0n) is 26.8. The van der Waals surface area contributed by atoms with E-state index in [9.17, 15) is 31.5 Å². The first kappa shape index (κ1) is 37.4. The maximum Gasteiger partial charge on any atom is 0.446 e. The van der Waals surface area contributed by atoms with Crippen LogP contribution in [-0.4, -0.2) is 47.7 Å². The molecule has 0 radical (unpaired) electrons. The molecule has 0 saturated carbocycles. The number of ketones is 1. The van der Waals surface area contributed by atoms with Crippen molar-refractivity contribution in [3.05, 3.63) is 70.8 Å². The fourth-order valence-electron chi connectivity index (χ4n) is 3.61. The van der Waals surface area contributed by atoms with E-state index in [0.717, 1.165) is 24.1 Å². The summed E-state index contributed by atoms with van der Waals surface area (Å²) in [5.41, 5.74) is 2.77. The van der Waals surface area contributed by atoms with Gasteiger partial charge in [-0.2, -0.15) is 13.2 Å². The highest BCUT2D eigenvalue weighted by Crippen LogP contribution is 2.18. The largest absolute Gasteiger partial charge is 0.446 e. The number of alkyl carbamates (subject to hydrolysis) is 1. The number of rotatable bonds is 6. The first-order valence-electron chi connectivity index (χ1n) is 14.5. The standard InChI is InChI=1S/C17H24FNO3.C11H12FN.C2HF3O.C2H6/c1-11-10-13(18)7-8-14(11)15(20)9-6-12(2)19-16(21)22-17(3,4)5;1-8-2-7-11(13-8)9-3-5-10(12)6-4-9;3-2(4,5)1-6;1-2/h7-8,10,12H,6,9H2,1-5H3,(H,19,21);3-6,8H,2,7H2,1H3;1H;1-2H3/i;;;1D. The number of nitrogens with one attached hydrogen (secondary N) is 1. The molecule has 1 aliphatic heterocycles. The van der Waals surface area contributed by atoms with Crippen LogP contribution in [0.15, 0.2) is 47.5 Å². The monoisotopic (exact) mass is 615 g/mol. The highest BCUT2D eigenvalue weighted by Gasteiger charge is 2.25. The fraction of sp³-hybridized carbons (Fsp3) is 0.500. The van der Waals surface area contributed by atoms with Crippen molar-refractivity contribution in [2.24, 2.45) is 4.99 Å². The summed E-state index contributed by atoms with van der Waals surface area (Å²) in [6, 6.07) is 10.9. The van der Waals surface area contributed by atoms with E-state index in [-0.39, 0.29) is 29.9 Å². The summed E-state index contributed by atoms with van der Waals surface area (Å²) in [6.07, 6.45) is -3.28. The van der Waals surface area contributed by atoms with Gasteiger partial charge < -0.3 is 10.1 Å². The molecule has 0 aliphatic carbocycles. The lowest BCUT2D eigenvalue weighted by Crippen LogP contribution is -2.37. The molecule has 2 unspecified atom stereocenters. The van der Waals surface area contributed by atoms with Gasteiger partial charge in [0.2, 0.25) is 6.29 Å². The second-order valence-electron chi connectivity index (χ2n) is 10.6. The van der Waals surface area contributed by atoms with E-state index in [1.54, 1.807) is 46.8 Å². The van der Waals surface area contributed by atoms with Crippen LogP contribution >= 0.6 is 0 Å². The fourth-order valence-corrected chi connectivity index (χ4v) is 3.61. The van der Waals surface area contributed by atoms with Gasteiger partial charge in [0.15, 0.2) is 5.78 Å². The number of carbonyl (C=O) groups excluding carboxylic acids is 3. The van der Waals surface area contributed by atoms with E-state index in [2.05, 4.69) is 17.2 Å².